The number of nitrogens with one attached hydrogen (secondary N) is 1. The number of nitrogens with zero attached hydrogens (tertiary/aromatic N) is 1. The number of ether oxygens (including phenoxy) is 2. The number of carboxylic acids is 1. The average Bonchev–Trinajstić information content (AvgIpc) is 2.30. The molecule has 8 heteroatoms. The number of carbonyl (C=O) groups excluding carboxylic acids is 2. The van der Waals surface area contributed by atoms with E-state index in [2.05, 4.69) is 5.32 Å². The summed E-state index contributed by atoms with van der Waals surface area (Å²) >= 11 is 0. The number of hydrogen-bond acceptors (Lipinski definition) is 6. The van der Waals surface area contributed by atoms with E-state index in [4.69, 9.17) is 14.6 Å². The number of alkyl carbamates (subject to hydrolysis) is 1. The Bertz CT molecular complexity index is 437. The molecular weight excluding hydrogens is 316 g/mol. The third-order valence-electron chi connectivity index (χ3n) is 2.51. The van der Waals surface area contributed by atoms with Gasteiger partial charge in [0.15, 0.2) is 0 Å². The van der Waals surface area contributed by atoms with Gasteiger partial charge in [-0.25, -0.2) is 4.79 Å². The Morgan fingerprint density at radius 3 is 1.96 bits per heavy atom. The number of carboxylic acid groups (broad SMARTS) is 1. The van der Waals surface area contributed by atoms with Crippen molar-refractivity contribution in [1.29, 1.82) is 0 Å². The lowest BCUT2D eigenvalue weighted by Crippen LogP contribution is -2.41. The zero-order valence-electron chi connectivity index (χ0n) is 15.5. The van der Waals surface area contributed by atoms with Gasteiger partial charge in [0.1, 0.15) is 11.2 Å². The number of carbonyl (C=O) groups is 3. The molecule has 0 radical (unpaired) electrons. The third-order valence-corrected chi connectivity index (χ3v) is 2.51. The lowest BCUT2D eigenvalue weighted by Gasteiger charge is -2.25. The van der Waals surface area contributed by atoms with Gasteiger partial charge >= 0.3 is 18.0 Å². The van der Waals surface area contributed by atoms with E-state index in [-0.39, 0.29) is 26.1 Å². The summed E-state index contributed by atoms with van der Waals surface area (Å²) < 4.78 is 10.3. The van der Waals surface area contributed by atoms with E-state index in [0.29, 0.717) is 6.54 Å². The van der Waals surface area contributed by atoms with E-state index in [1.54, 1.807) is 46.4 Å². The van der Waals surface area contributed by atoms with Gasteiger partial charge in [0.2, 0.25) is 0 Å². The van der Waals surface area contributed by atoms with Crippen molar-refractivity contribution in [3.63, 3.8) is 0 Å². The van der Waals surface area contributed by atoms with Crippen LogP contribution in [0, 0.1) is 0 Å². The summed E-state index contributed by atoms with van der Waals surface area (Å²) in [4.78, 5) is 35.8. The molecule has 0 saturated heterocycles. The molecule has 0 atom stereocenters. The van der Waals surface area contributed by atoms with Gasteiger partial charge in [-0.2, -0.15) is 0 Å². The average molecular weight is 346 g/mol. The molecule has 0 aromatic heterocycles. The normalized spacial score (nSPS) is 12.0. The lowest BCUT2D eigenvalue weighted by molar-refractivity contribution is -0.156. The van der Waals surface area contributed by atoms with Gasteiger partial charge in [-0.15, -0.1) is 0 Å². The fourth-order valence-electron chi connectivity index (χ4n) is 1.71. The van der Waals surface area contributed by atoms with Crippen LogP contribution in [0.25, 0.3) is 0 Å². The molecule has 0 aromatic rings. The maximum absolute atomic E-state index is 11.9. The molecule has 0 aliphatic rings. The first kappa shape index (κ1) is 22.2. The van der Waals surface area contributed by atoms with E-state index in [1.165, 1.54) is 0 Å². The van der Waals surface area contributed by atoms with Gasteiger partial charge in [-0.3, -0.25) is 14.5 Å². The van der Waals surface area contributed by atoms with Crippen LogP contribution in [0.5, 0.6) is 0 Å². The van der Waals surface area contributed by atoms with Crippen molar-refractivity contribution in [3.05, 3.63) is 0 Å². The topological polar surface area (TPSA) is 105 Å². The van der Waals surface area contributed by atoms with Gasteiger partial charge in [0.25, 0.3) is 0 Å². The van der Waals surface area contributed by atoms with Gasteiger partial charge in [-0.1, -0.05) is 0 Å². The van der Waals surface area contributed by atoms with Crippen molar-refractivity contribution >= 4 is 18.0 Å². The maximum atomic E-state index is 11.9. The molecule has 140 valence electrons. The van der Waals surface area contributed by atoms with E-state index < -0.39 is 29.2 Å². The molecule has 0 aliphatic heterocycles. The minimum atomic E-state index is -0.954. The van der Waals surface area contributed by atoms with Gasteiger partial charge in [0, 0.05) is 19.6 Å². The summed E-state index contributed by atoms with van der Waals surface area (Å²) in [5.74, 6) is -1.39. The van der Waals surface area contributed by atoms with E-state index >= 15 is 0 Å². The fraction of sp³-hybridized carbons (Fsp3) is 0.812. The van der Waals surface area contributed by atoms with Crippen LogP contribution in [-0.2, 0) is 19.1 Å². The molecule has 0 fully saturated rings. The first-order valence-electron chi connectivity index (χ1n) is 7.91. The summed E-state index contributed by atoms with van der Waals surface area (Å²) in [6, 6.07) is 0. The number of esters is 1. The van der Waals surface area contributed by atoms with Crippen molar-refractivity contribution in [2.75, 3.05) is 26.2 Å². The number of hydrogen-bond donors (Lipinski definition) is 2. The molecule has 1 amide bonds. The van der Waals surface area contributed by atoms with Gasteiger partial charge in [-0.05, 0) is 41.5 Å². The SMILES string of the molecule is CC(C)(C)OC(=O)CN(CCNC(=O)OC(C)(C)C)CCC(=O)O. The van der Waals surface area contributed by atoms with Crippen LogP contribution in [0.4, 0.5) is 4.79 Å². The van der Waals surface area contributed by atoms with Crippen molar-refractivity contribution in [3.8, 4) is 0 Å². The molecule has 8 nitrogen and oxygen atoms in total. The summed E-state index contributed by atoms with van der Waals surface area (Å²) in [5, 5.41) is 11.4. The van der Waals surface area contributed by atoms with Crippen molar-refractivity contribution in [2.45, 2.75) is 59.2 Å². The van der Waals surface area contributed by atoms with Crippen LogP contribution < -0.4 is 5.32 Å². The van der Waals surface area contributed by atoms with Crippen LogP contribution >= 0.6 is 0 Å². The maximum Gasteiger partial charge on any atom is 0.407 e. The monoisotopic (exact) mass is 346 g/mol. The molecular formula is C16H30N2O6. The largest absolute Gasteiger partial charge is 0.481 e. The molecule has 0 spiro atoms. The Hall–Kier alpha value is -1.83. The molecule has 0 heterocycles. The molecule has 0 rings (SSSR count). The van der Waals surface area contributed by atoms with Crippen LogP contribution in [0.15, 0.2) is 0 Å². The second-order valence-corrected chi connectivity index (χ2v) is 7.43. The van der Waals surface area contributed by atoms with Crippen LogP contribution in [0.1, 0.15) is 48.0 Å². The first-order chi connectivity index (χ1) is 10.8. The molecule has 0 unspecified atom stereocenters. The summed E-state index contributed by atoms with van der Waals surface area (Å²) in [6.07, 6.45) is -0.659. The highest BCUT2D eigenvalue weighted by atomic mass is 16.6. The van der Waals surface area contributed by atoms with E-state index in [9.17, 15) is 14.4 Å². The highest BCUT2D eigenvalue weighted by Gasteiger charge is 2.20. The molecule has 24 heavy (non-hydrogen) atoms. The van der Waals surface area contributed by atoms with Crippen molar-refractivity contribution < 1.29 is 29.0 Å². The van der Waals surface area contributed by atoms with Crippen molar-refractivity contribution in [2.24, 2.45) is 0 Å². The second kappa shape index (κ2) is 9.46. The number of amides is 1. The third kappa shape index (κ3) is 13.8. The standard InChI is InChI=1S/C16H30N2O6/c1-15(2,3)23-13(21)11-18(9-7-12(19)20)10-8-17-14(22)24-16(4,5)6/h7-11H2,1-6H3,(H,17,22)(H,19,20). The lowest BCUT2D eigenvalue weighted by atomic mass is 10.2. The fourth-order valence-corrected chi connectivity index (χ4v) is 1.71. The van der Waals surface area contributed by atoms with Crippen molar-refractivity contribution in [1.82, 2.24) is 10.2 Å². The van der Waals surface area contributed by atoms with Gasteiger partial charge in [0.05, 0.1) is 13.0 Å². The molecule has 0 aromatic carbocycles. The minimum absolute atomic E-state index is 0.0411. The van der Waals surface area contributed by atoms with Gasteiger partial charge < -0.3 is 19.9 Å². The predicted octanol–water partition coefficient (Wildman–Crippen LogP) is 1.63. The highest BCUT2D eigenvalue weighted by molar-refractivity contribution is 5.72. The molecule has 0 bridgehead atoms. The summed E-state index contributed by atoms with van der Waals surface area (Å²) in [6.45, 7) is 11.2. The Kier molecular flexibility index (Phi) is 8.74. The smallest absolute Gasteiger partial charge is 0.407 e. The number of aliphatic carboxylic acids is 1. The summed E-state index contributed by atoms with van der Waals surface area (Å²) in [5.41, 5.74) is -1.20. The van der Waals surface area contributed by atoms with Crippen LogP contribution in [0.3, 0.4) is 0 Å². The Morgan fingerprint density at radius 1 is 0.958 bits per heavy atom. The zero-order chi connectivity index (χ0) is 19.0. The quantitative estimate of drug-likeness (QED) is 0.644. The highest BCUT2D eigenvalue weighted by Crippen LogP contribution is 2.08. The Morgan fingerprint density at radius 2 is 1.50 bits per heavy atom. The number of rotatable bonds is 8. The second-order valence-electron chi connectivity index (χ2n) is 7.43. The zero-order valence-corrected chi connectivity index (χ0v) is 15.5. The summed E-state index contributed by atoms with van der Waals surface area (Å²) in [7, 11) is 0. The molecule has 0 aliphatic carbocycles. The van der Waals surface area contributed by atoms with Crippen LogP contribution in [0.2, 0.25) is 0 Å². The Labute approximate surface area is 143 Å². The predicted molar refractivity (Wildman–Crippen MR) is 88.8 cm³/mol. The molecule has 2 N–H and O–H groups in total. The minimum Gasteiger partial charge on any atom is -0.481 e. The van der Waals surface area contributed by atoms with E-state index in [0.717, 1.165) is 0 Å². The van der Waals surface area contributed by atoms with Crippen LogP contribution in [-0.4, -0.2) is 65.4 Å². The Balaban J connectivity index is 4.43. The molecule has 0 saturated carbocycles. The van der Waals surface area contributed by atoms with E-state index in [1.807, 2.05) is 0 Å². The first-order valence-corrected chi connectivity index (χ1v) is 7.91.